The minimum atomic E-state index is -3.66. The van der Waals surface area contributed by atoms with E-state index in [0.29, 0.717) is 16.9 Å². The second-order valence-corrected chi connectivity index (χ2v) is 9.14. The van der Waals surface area contributed by atoms with E-state index in [9.17, 15) is 8.42 Å². The van der Waals surface area contributed by atoms with Crippen LogP contribution in [0.4, 0.5) is 0 Å². The predicted molar refractivity (Wildman–Crippen MR) is 111 cm³/mol. The van der Waals surface area contributed by atoms with Gasteiger partial charge in [-0.25, -0.2) is 13.1 Å². The van der Waals surface area contributed by atoms with Crippen LogP contribution in [0.15, 0.2) is 35.2 Å². The van der Waals surface area contributed by atoms with Crippen molar-refractivity contribution < 1.29 is 13.2 Å². The second-order valence-electron chi connectivity index (χ2n) is 7.46. The summed E-state index contributed by atoms with van der Waals surface area (Å²) in [4.78, 5) is 0.315. The Labute approximate surface area is 164 Å². The van der Waals surface area contributed by atoms with Gasteiger partial charge in [-0.05, 0) is 67.5 Å². The first-order valence-electron chi connectivity index (χ1n) is 9.38. The molecule has 0 aliphatic heterocycles. The maximum absolute atomic E-state index is 13.2. The quantitative estimate of drug-likeness (QED) is 0.710. The maximum atomic E-state index is 13.2. The summed E-state index contributed by atoms with van der Waals surface area (Å²) in [5.41, 5.74) is 4.85. The highest BCUT2D eigenvalue weighted by Crippen LogP contribution is 2.32. The summed E-state index contributed by atoms with van der Waals surface area (Å²) in [5, 5.41) is 0. The Morgan fingerprint density at radius 1 is 1.00 bits per heavy atom. The highest BCUT2D eigenvalue weighted by molar-refractivity contribution is 7.89. The third kappa shape index (κ3) is 4.71. The fraction of sp³-hybridized carbons (Fsp3) is 0.455. The van der Waals surface area contributed by atoms with Gasteiger partial charge >= 0.3 is 0 Å². The molecule has 5 heteroatoms. The summed E-state index contributed by atoms with van der Waals surface area (Å²) in [5.74, 6) is 0.888. The fourth-order valence-corrected chi connectivity index (χ4v) is 4.99. The minimum Gasteiger partial charge on any atom is -0.496 e. The summed E-state index contributed by atoms with van der Waals surface area (Å²) in [7, 11) is -2.05. The number of rotatable bonds is 7. The van der Waals surface area contributed by atoms with E-state index in [4.69, 9.17) is 4.74 Å². The topological polar surface area (TPSA) is 55.4 Å². The van der Waals surface area contributed by atoms with Crippen molar-refractivity contribution in [1.29, 1.82) is 0 Å². The normalized spacial score (nSPS) is 13.0. The highest BCUT2D eigenvalue weighted by atomic mass is 32.2. The van der Waals surface area contributed by atoms with Gasteiger partial charge in [0.2, 0.25) is 10.0 Å². The van der Waals surface area contributed by atoms with Crippen LogP contribution in [0.1, 0.15) is 67.0 Å². The van der Waals surface area contributed by atoms with Crippen LogP contribution in [0.25, 0.3) is 0 Å². The molecule has 1 atom stereocenters. The summed E-state index contributed by atoms with van der Waals surface area (Å²) in [6.45, 7) is 11.9. The standard InChI is InChI=1S/C22H31NO3S/c1-8-20(18-10-9-15(4)11-16(18)5)23-27(24,25)22-13-19(14(2)3)21(26-7)12-17(22)6/h9-14,20,23H,8H2,1-7H3. The molecule has 0 saturated carbocycles. The lowest BCUT2D eigenvalue weighted by Crippen LogP contribution is -2.29. The molecular weight excluding hydrogens is 358 g/mol. The largest absolute Gasteiger partial charge is 0.496 e. The van der Waals surface area contributed by atoms with Crippen LogP contribution in [0.2, 0.25) is 0 Å². The van der Waals surface area contributed by atoms with Gasteiger partial charge in [0.05, 0.1) is 12.0 Å². The van der Waals surface area contributed by atoms with E-state index in [2.05, 4.69) is 10.8 Å². The maximum Gasteiger partial charge on any atom is 0.241 e. The third-order valence-electron chi connectivity index (χ3n) is 4.95. The molecule has 0 fully saturated rings. The van der Waals surface area contributed by atoms with Crippen LogP contribution in [-0.2, 0) is 10.0 Å². The molecule has 1 unspecified atom stereocenters. The van der Waals surface area contributed by atoms with Crippen LogP contribution < -0.4 is 9.46 Å². The van der Waals surface area contributed by atoms with E-state index in [0.717, 1.165) is 22.4 Å². The lowest BCUT2D eigenvalue weighted by atomic mass is 9.98. The van der Waals surface area contributed by atoms with E-state index in [1.165, 1.54) is 5.56 Å². The number of aryl methyl sites for hydroxylation is 3. The Bertz CT molecular complexity index is 917. The van der Waals surface area contributed by atoms with Crippen molar-refractivity contribution in [2.45, 2.75) is 64.8 Å². The summed E-state index contributed by atoms with van der Waals surface area (Å²) in [6.07, 6.45) is 0.676. The second kappa shape index (κ2) is 8.44. The van der Waals surface area contributed by atoms with Crippen molar-refractivity contribution in [3.63, 3.8) is 0 Å². The Morgan fingerprint density at radius 3 is 2.19 bits per heavy atom. The number of benzene rings is 2. The number of methoxy groups -OCH3 is 1. The molecule has 148 valence electrons. The first-order chi connectivity index (χ1) is 12.6. The van der Waals surface area contributed by atoms with Crippen molar-refractivity contribution in [1.82, 2.24) is 4.72 Å². The fourth-order valence-electron chi connectivity index (χ4n) is 3.43. The summed E-state index contributed by atoms with van der Waals surface area (Å²) >= 11 is 0. The first kappa shape index (κ1) is 21.5. The zero-order valence-electron chi connectivity index (χ0n) is 17.4. The summed E-state index contributed by atoms with van der Waals surface area (Å²) < 4.78 is 34.7. The lowest BCUT2D eigenvalue weighted by Gasteiger charge is -2.22. The SMILES string of the molecule is CCC(NS(=O)(=O)c1cc(C(C)C)c(OC)cc1C)c1ccc(C)cc1C. The molecule has 0 spiro atoms. The van der Waals surface area contributed by atoms with Crippen LogP contribution in [0.3, 0.4) is 0 Å². The molecule has 0 heterocycles. The lowest BCUT2D eigenvalue weighted by molar-refractivity contribution is 0.406. The van der Waals surface area contributed by atoms with Crippen molar-refractivity contribution in [2.24, 2.45) is 0 Å². The number of nitrogens with one attached hydrogen (secondary N) is 1. The number of sulfonamides is 1. The number of hydrogen-bond donors (Lipinski definition) is 1. The molecular formula is C22H31NO3S. The van der Waals surface area contributed by atoms with E-state index in [1.807, 2.05) is 52.8 Å². The average molecular weight is 390 g/mol. The van der Waals surface area contributed by atoms with Crippen LogP contribution >= 0.6 is 0 Å². The van der Waals surface area contributed by atoms with Gasteiger partial charge < -0.3 is 4.74 Å². The molecule has 1 N–H and O–H groups in total. The number of ether oxygens (including phenoxy) is 1. The van der Waals surface area contributed by atoms with Crippen molar-refractivity contribution >= 4 is 10.0 Å². The molecule has 2 rings (SSSR count). The Balaban J connectivity index is 2.47. The Hall–Kier alpha value is -1.85. The van der Waals surface area contributed by atoms with Gasteiger partial charge in [0, 0.05) is 6.04 Å². The molecule has 0 radical (unpaired) electrons. The van der Waals surface area contributed by atoms with E-state index in [1.54, 1.807) is 20.1 Å². The van der Waals surface area contributed by atoms with Crippen LogP contribution in [0.5, 0.6) is 5.75 Å². The molecule has 0 aliphatic carbocycles. The Morgan fingerprint density at radius 2 is 1.67 bits per heavy atom. The van der Waals surface area contributed by atoms with Gasteiger partial charge in [-0.3, -0.25) is 0 Å². The van der Waals surface area contributed by atoms with Crippen molar-refractivity contribution in [3.8, 4) is 5.75 Å². The molecule has 0 bridgehead atoms. The molecule has 27 heavy (non-hydrogen) atoms. The van der Waals surface area contributed by atoms with Gasteiger partial charge in [0.15, 0.2) is 0 Å². The predicted octanol–water partition coefficient (Wildman–Crippen LogP) is 5.17. The molecule has 2 aromatic rings. The van der Waals surface area contributed by atoms with Gasteiger partial charge in [0.25, 0.3) is 0 Å². The monoisotopic (exact) mass is 389 g/mol. The number of hydrogen-bond acceptors (Lipinski definition) is 3. The van der Waals surface area contributed by atoms with Gasteiger partial charge in [0.1, 0.15) is 5.75 Å². The van der Waals surface area contributed by atoms with Crippen LogP contribution in [0, 0.1) is 20.8 Å². The van der Waals surface area contributed by atoms with Crippen molar-refractivity contribution in [2.75, 3.05) is 7.11 Å². The molecule has 0 saturated heterocycles. The average Bonchev–Trinajstić information content (AvgIpc) is 2.59. The molecule has 0 amide bonds. The van der Waals surface area contributed by atoms with E-state index >= 15 is 0 Å². The zero-order chi connectivity index (χ0) is 20.4. The smallest absolute Gasteiger partial charge is 0.241 e. The minimum absolute atomic E-state index is 0.163. The van der Waals surface area contributed by atoms with Gasteiger partial charge in [-0.15, -0.1) is 0 Å². The van der Waals surface area contributed by atoms with Gasteiger partial charge in [-0.1, -0.05) is 44.5 Å². The van der Waals surface area contributed by atoms with E-state index in [-0.39, 0.29) is 12.0 Å². The highest BCUT2D eigenvalue weighted by Gasteiger charge is 2.25. The molecule has 4 nitrogen and oxygen atoms in total. The zero-order valence-corrected chi connectivity index (χ0v) is 18.2. The molecule has 2 aromatic carbocycles. The van der Waals surface area contributed by atoms with E-state index < -0.39 is 10.0 Å². The Kier molecular flexibility index (Phi) is 6.71. The molecule has 0 aromatic heterocycles. The first-order valence-corrected chi connectivity index (χ1v) is 10.9. The summed E-state index contributed by atoms with van der Waals surface area (Å²) in [6, 6.07) is 9.41. The van der Waals surface area contributed by atoms with Gasteiger partial charge in [-0.2, -0.15) is 0 Å². The third-order valence-corrected chi connectivity index (χ3v) is 6.56. The van der Waals surface area contributed by atoms with Crippen molar-refractivity contribution in [3.05, 3.63) is 58.1 Å². The molecule has 0 aliphatic rings. The van der Waals surface area contributed by atoms with Crippen LogP contribution in [-0.4, -0.2) is 15.5 Å².